The first-order chi connectivity index (χ1) is 16.5. The molecule has 3 amide bonds. The molecule has 0 bridgehead atoms. The standard InChI is InChI=1S/C25H23N5O3S/c1-17-12-14-19(15-13-17)30-23(20-10-6-7-11-21(20)33-2)28-29-25(30)34-16-22(31)27-24(32)26-18-8-4-3-5-9-18/h3-15H,16H2,1-2H3,(H2,26,27,31,32). The Kier molecular flexibility index (Phi) is 7.24. The molecule has 0 saturated heterocycles. The fraction of sp³-hybridized carbons (Fsp3) is 0.120. The minimum atomic E-state index is -0.591. The highest BCUT2D eigenvalue weighted by molar-refractivity contribution is 7.99. The normalized spacial score (nSPS) is 10.5. The summed E-state index contributed by atoms with van der Waals surface area (Å²) < 4.78 is 7.39. The van der Waals surface area contributed by atoms with E-state index in [4.69, 9.17) is 4.74 Å². The van der Waals surface area contributed by atoms with E-state index in [0.717, 1.165) is 16.8 Å². The minimum Gasteiger partial charge on any atom is -0.496 e. The zero-order valence-corrected chi connectivity index (χ0v) is 19.5. The van der Waals surface area contributed by atoms with Gasteiger partial charge in [-0.2, -0.15) is 0 Å². The van der Waals surface area contributed by atoms with Gasteiger partial charge >= 0.3 is 6.03 Å². The number of aromatic nitrogens is 3. The van der Waals surface area contributed by atoms with Gasteiger partial charge in [-0.15, -0.1) is 10.2 Å². The lowest BCUT2D eigenvalue weighted by Gasteiger charge is -2.12. The Balaban J connectivity index is 1.54. The first kappa shape index (κ1) is 23.1. The molecule has 3 aromatic carbocycles. The molecule has 0 fully saturated rings. The molecule has 0 spiro atoms. The first-order valence-electron chi connectivity index (χ1n) is 10.5. The van der Waals surface area contributed by atoms with Crippen molar-refractivity contribution >= 4 is 29.4 Å². The number of para-hydroxylation sites is 2. The van der Waals surface area contributed by atoms with Crippen LogP contribution in [0, 0.1) is 6.92 Å². The second-order valence-electron chi connectivity index (χ2n) is 7.33. The van der Waals surface area contributed by atoms with E-state index in [1.165, 1.54) is 11.8 Å². The van der Waals surface area contributed by atoms with Crippen molar-refractivity contribution in [2.45, 2.75) is 12.1 Å². The van der Waals surface area contributed by atoms with Crippen molar-refractivity contribution in [3.05, 3.63) is 84.4 Å². The van der Waals surface area contributed by atoms with Crippen LogP contribution >= 0.6 is 11.8 Å². The smallest absolute Gasteiger partial charge is 0.325 e. The molecule has 1 heterocycles. The van der Waals surface area contributed by atoms with Gasteiger partial charge in [-0.1, -0.05) is 59.8 Å². The quantitative estimate of drug-likeness (QED) is 0.378. The van der Waals surface area contributed by atoms with Crippen LogP contribution < -0.4 is 15.4 Å². The zero-order valence-electron chi connectivity index (χ0n) is 18.7. The van der Waals surface area contributed by atoms with Gasteiger partial charge in [0.15, 0.2) is 11.0 Å². The van der Waals surface area contributed by atoms with Crippen molar-refractivity contribution in [1.29, 1.82) is 0 Å². The van der Waals surface area contributed by atoms with Gasteiger partial charge in [0.05, 0.1) is 18.4 Å². The number of nitrogens with zero attached hydrogens (tertiary/aromatic N) is 3. The third-order valence-corrected chi connectivity index (χ3v) is 5.82. The minimum absolute atomic E-state index is 0.0157. The molecular weight excluding hydrogens is 450 g/mol. The van der Waals surface area contributed by atoms with Gasteiger partial charge in [0, 0.05) is 11.4 Å². The Bertz CT molecular complexity index is 1290. The van der Waals surface area contributed by atoms with E-state index in [2.05, 4.69) is 20.8 Å². The van der Waals surface area contributed by atoms with E-state index >= 15 is 0 Å². The van der Waals surface area contributed by atoms with Crippen LogP contribution in [0.15, 0.2) is 84.0 Å². The molecule has 0 unspecified atom stereocenters. The maximum atomic E-state index is 12.4. The number of hydrogen-bond donors (Lipinski definition) is 2. The van der Waals surface area contributed by atoms with Gasteiger partial charge < -0.3 is 10.1 Å². The number of rotatable bonds is 7. The predicted octanol–water partition coefficient (Wildman–Crippen LogP) is 4.69. The van der Waals surface area contributed by atoms with E-state index < -0.39 is 11.9 Å². The fourth-order valence-electron chi connectivity index (χ4n) is 3.27. The lowest BCUT2D eigenvalue weighted by atomic mass is 10.1. The molecule has 9 heteroatoms. The second kappa shape index (κ2) is 10.7. The number of urea groups is 1. The highest BCUT2D eigenvalue weighted by atomic mass is 32.2. The number of carbonyl (C=O) groups excluding carboxylic acids is 2. The number of benzene rings is 3. The van der Waals surface area contributed by atoms with Crippen LogP contribution in [0.1, 0.15) is 5.56 Å². The van der Waals surface area contributed by atoms with Gasteiger partial charge in [0.2, 0.25) is 5.91 Å². The van der Waals surface area contributed by atoms with Crippen molar-refractivity contribution in [3.8, 4) is 22.8 Å². The molecule has 0 saturated carbocycles. The Labute approximate surface area is 201 Å². The summed E-state index contributed by atoms with van der Waals surface area (Å²) in [5, 5.41) is 14.2. The van der Waals surface area contributed by atoms with Gasteiger partial charge in [0.1, 0.15) is 5.75 Å². The third kappa shape index (κ3) is 5.44. The number of methoxy groups -OCH3 is 1. The summed E-state index contributed by atoms with van der Waals surface area (Å²) in [7, 11) is 1.60. The Hall–Kier alpha value is -4.11. The SMILES string of the molecule is COc1ccccc1-c1nnc(SCC(=O)NC(=O)Nc2ccccc2)n1-c1ccc(C)cc1. The molecule has 172 valence electrons. The summed E-state index contributed by atoms with van der Waals surface area (Å²) in [6, 6.07) is 23.8. The molecular formula is C25H23N5O3S. The third-order valence-electron chi connectivity index (χ3n) is 4.89. The highest BCUT2D eigenvalue weighted by Gasteiger charge is 2.20. The number of carbonyl (C=O) groups is 2. The van der Waals surface area contributed by atoms with Crippen molar-refractivity contribution in [3.63, 3.8) is 0 Å². The first-order valence-corrected chi connectivity index (χ1v) is 11.5. The predicted molar refractivity (Wildman–Crippen MR) is 132 cm³/mol. The number of aryl methyl sites for hydroxylation is 1. The summed E-state index contributed by atoms with van der Waals surface area (Å²) in [5.41, 5.74) is 3.34. The van der Waals surface area contributed by atoms with Crippen molar-refractivity contribution < 1.29 is 14.3 Å². The summed E-state index contributed by atoms with van der Waals surface area (Å²) in [4.78, 5) is 24.5. The topological polar surface area (TPSA) is 98.1 Å². The van der Waals surface area contributed by atoms with Gasteiger partial charge in [-0.25, -0.2) is 4.79 Å². The molecule has 0 radical (unpaired) electrons. The summed E-state index contributed by atoms with van der Waals surface area (Å²) in [6.45, 7) is 2.01. The largest absolute Gasteiger partial charge is 0.496 e. The number of amides is 3. The van der Waals surface area contributed by atoms with Gasteiger partial charge in [-0.05, 0) is 43.3 Å². The lowest BCUT2D eigenvalue weighted by molar-refractivity contribution is -0.117. The number of hydrogen-bond acceptors (Lipinski definition) is 6. The summed E-state index contributed by atoms with van der Waals surface area (Å²) >= 11 is 1.19. The lowest BCUT2D eigenvalue weighted by Crippen LogP contribution is -2.35. The highest BCUT2D eigenvalue weighted by Crippen LogP contribution is 2.33. The molecule has 4 rings (SSSR count). The van der Waals surface area contributed by atoms with Crippen LogP contribution in [0.4, 0.5) is 10.5 Å². The van der Waals surface area contributed by atoms with E-state index in [1.54, 1.807) is 31.4 Å². The molecule has 4 aromatic rings. The van der Waals surface area contributed by atoms with Crippen LogP contribution in [-0.2, 0) is 4.79 Å². The van der Waals surface area contributed by atoms with Gasteiger partial charge in [-0.3, -0.25) is 14.7 Å². The van der Waals surface area contributed by atoms with E-state index in [0.29, 0.717) is 22.4 Å². The molecule has 2 N–H and O–H groups in total. The van der Waals surface area contributed by atoms with Gasteiger partial charge in [0.25, 0.3) is 0 Å². The Morgan fingerprint density at radius 1 is 0.941 bits per heavy atom. The Morgan fingerprint density at radius 3 is 2.38 bits per heavy atom. The number of ether oxygens (including phenoxy) is 1. The monoisotopic (exact) mass is 473 g/mol. The molecule has 1 aromatic heterocycles. The van der Waals surface area contributed by atoms with Crippen molar-refractivity contribution in [1.82, 2.24) is 20.1 Å². The van der Waals surface area contributed by atoms with Crippen LogP contribution in [0.25, 0.3) is 17.1 Å². The zero-order chi connectivity index (χ0) is 23.9. The number of nitrogens with one attached hydrogen (secondary N) is 2. The average molecular weight is 474 g/mol. The molecule has 8 nitrogen and oxygen atoms in total. The fourth-order valence-corrected chi connectivity index (χ4v) is 4.02. The number of imide groups is 1. The van der Waals surface area contributed by atoms with Crippen molar-refractivity contribution in [2.24, 2.45) is 0 Å². The maximum absolute atomic E-state index is 12.4. The van der Waals surface area contributed by atoms with E-state index in [-0.39, 0.29) is 5.75 Å². The Morgan fingerprint density at radius 2 is 1.65 bits per heavy atom. The molecule has 0 aliphatic carbocycles. The summed E-state index contributed by atoms with van der Waals surface area (Å²) in [6.07, 6.45) is 0. The van der Waals surface area contributed by atoms with E-state index in [9.17, 15) is 9.59 Å². The number of anilines is 1. The van der Waals surface area contributed by atoms with Crippen LogP contribution in [-0.4, -0.2) is 39.6 Å². The second-order valence-corrected chi connectivity index (χ2v) is 8.28. The number of thioether (sulfide) groups is 1. The molecule has 34 heavy (non-hydrogen) atoms. The maximum Gasteiger partial charge on any atom is 0.325 e. The molecule has 0 aliphatic rings. The molecule has 0 aliphatic heterocycles. The molecule has 0 atom stereocenters. The van der Waals surface area contributed by atoms with Crippen LogP contribution in [0.3, 0.4) is 0 Å². The summed E-state index contributed by atoms with van der Waals surface area (Å²) in [5.74, 6) is 0.787. The van der Waals surface area contributed by atoms with Crippen molar-refractivity contribution in [2.75, 3.05) is 18.2 Å². The van der Waals surface area contributed by atoms with Crippen LogP contribution in [0.2, 0.25) is 0 Å². The average Bonchev–Trinajstić information content (AvgIpc) is 3.27. The van der Waals surface area contributed by atoms with E-state index in [1.807, 2.05) is 66.1 Å². The van der Waals surface area contributed by atoms with Crippen LogP contribution in [0.5, 0.6) is 5.75 Å².